The fraction of sp³-hybridized carbons (Fsp3) is 0.368. The van der Waals surface area contributed by atoms with Crippen molar-refractivity contribution >= 4 is 52.0 Å². The molecule has 0 spiro atoms. The van der Waals surface area contributed by atoms with Crippen molar-refractivity contribution in [3.63, 3.8) is 0 Å². The van der Waals surface area contributed by atoms with Gasteiger partial charge in [-0.05, 0) is 23.6 Å². The molecule has 7 nitrogen and oxygen atoms in total. The van der Waals surface area contributed by atoms with E-state index in [0.717, 1.165) is 22.3 Å². The molecule has 4 N–H and O–H groups in total. The van der Waals surface area contributed by atoms with E-state index in [1.807, 2.05) is 17.5 Å². The number of hydrogen-bond acceptors (Lipinski definition) is 9. The van der Waals surface area contributed by atoms with Crippen molar-refractivity contribution < 1.29 is 24.4 Å². The fourth-order valence-corrected chi connectivity index (χ4v) is 5.97. The molecular formula is C19H20Cl2FN3O4S2. The maximum atomic E-state index is 13.8. The zero-order valence-corrected chi connectivity index (χ0v) is 19.3. The number of thiophene rings is 1. The van der Waals surface area contributed by atoms with Crippen LogP contribution >= 0.6 is 46.3 Å². The number of hydrazine groups is 2. The van der Waals surface area contributed by atoms with Gasteiger partial charge in [0.2, 0.25) is 0 Å². The number of halogens is 3. The molecule has 0 amide bonds. The molecule has 1 fully saturated rings. The minimum Gasteiger partial charge on any atom is -0.394 e. The molecule has 1 aromatic heterocycles. The summed E-state index contributed by atoms with van der Waals surface area (Å²) in [6, 6.07) is 5.82. The molecule has 2 aromatic rings. The van der Waals surface area contributed by atoms with Gasteiger partial charge in [0.05, 0.1) is 27.2 Å². The average molecular weight is 508 g/mol. The van der Waals surface area contributed by atoms with Crippen molar-refractivity contribution in [3.8, 4) is 0 Å². The summed E-state index contributed by atoms with van der Waals surface area (Å²) in [7, 11) is 1.75. The second-order valence-electron chi connectivity index (χ2n) is 7.05. The highest BCUT2D eigenvalue weighted by Gasteiger charge is 2.49. The Hall–Kier alpha value is -1.08. The molecule has 3 heterocycles. The van der Waals surface area contributed by atoms with Gasteiger partial charge < -0.3 is 20.1 Å². The maximum Gasteiger partial charge on any atom is 0.160 e. The molecule has 1 saturated heterocycles. The van der Waals surface area contributed by atoms with Gasteiger partial charge >= 0.3 is 0 Å². The van der Waals surface area contributed by atoms with Crippen LogP contribution in [0.5, 0.6) is 0 Å². The monoisotopic (exact) mass is 507 g/mol. The summed E-state index contributed by atoms with van der Waals surface area (Å²) in [5.74, 6) is -0.727. The van der Waals surface area contributed by atoms with Crippen LogP contribution in [-0.2, 0) is 4.74 Å². The molecule has 0 aliphatic carbocycles. The van der Waals surface area contributed by atoms with Crippen LogP contribution in [-0.4, -0.2) is 68.9 Å². The standard InChI is InChI=1S/C19H20Cl2FN3O4S2/c1-24-23-12(14-3-2-4-30-14)7-25(24)16-17(27)13(8-26)29-19(18(16)28)31-9-5-10(20)15(22)11(21)6-9/h2-7,13,16-19,23,26-28H,8H2,1H3/t13?,16?,17-,18?,19+/m0/s1. The number of hydrogen-bond donors (Lipinski definition) is 4. The first-order valence-electron chi connectivity index (χ1n) is 9.28. The van der Waals surface area contributed by atoms with Crippen LogP contribution < -0.4 is 5.43 Å². The van der Waals surface area contributed by atoms with E-state index in [-0.39, 0.29) is 10.0 Å². The fourth-order valence-electron chi connectivity index (χ4n) is 3.53. The van der Waals surface area contributed by atoms with E-state index in [0.29, 0.717) is 4.90 Å². The van der Waals surface area contributed by atoms with Crippen molar-refractivity contribution in [3.05, 3.63) is 56.6 Å². The average Bonchev–Trinajstić information content (AvgIpc) is 3.39. The third kappa shape index (κ3) is 4.54. The van der Waals surface area contributed by atoms with Gasteiger partial charge in [0, 0.05) is 18.1 Å². The Kier molecular flexibility index (Phi) is 7.02. The highest BCUT2D eigenvalue weighted by Crippen LogP contribution is 2.39. The van der Waals surface area contributed by atoms with Gasteiger partial charge in [-0.2, -0.15) is 0 Å². The summed E-state index contributed by atoms with van der Waals surface area (Å²) in [4.78, 5) is 1.47. The summed E-state index contributed by atoms with van der Waals surface area (Å²) < 4.78 is 19.5. The minimum atomic E-state index is -1.18. The second-order valence-corrected chi connectivity index (χ2v) is 9.99. The van der Waals surface area contributed by atoms with Crippen LogP contribution in [0.15, 0.2) is 40.7 Å². The lowest BCUT2D eigenvalue weighted by Crippen LogP contribution is -2.65. The second kappa shape index (κ2) is 9.42. The number of aliphatic hydroxyl groups is 3. The van der Waals surface area contributed by atoms with Crippen LogP contribution in [0.25, 0.3) is 5.70 Å². The number of thioether (sulfide) groups is 1. The summed E-state index contributed by atoms with van der Waals surface area (Å²) in [6.45, 7) is -0.446. The molecule has 2 aliphatic rings. The number of nitrogens with one attached hydrogen (secondary N) is 1. The van der Waals surface area contributed by atoms with Crippen LogP contribution in [0, 0.1) is 5.82 Å². The molecule has 4 rings (SSSR count). The Morgan fingerprint density at radius 1 is 1.26 bits per heavy atom. The van der Waals surface area contributed by atoms with E-state index in [1.54, 1.807) is 34.7 Å². The van der Waals surface area contributed by atoms with Gasteiger partial charge in [0.1, 0.15) is 29.8 Å². The molecule has 2 aliphatic heterocycles. The number of aliphatic hydroxyl groups excluding tert-OH is 3. The van der Waals surface area contributed by atoms with Gasteiger partial charge in [-0.15, -0.1) is 16.5 Å². The smallest absolute Gasteiger partial charge is 0.160 e. The zero-order valence-electron chi connectivity index (χ0n) is 16.2. The van der Waals surface area contributed by atoms with Crippen LogP contribution in [0.3, 0.4) is 0 Å². The first kappa shape index (κ1) is 23.1. The topological polar surface area (TPSA) is 88.4 Å². The van der Waals surface area contributed by atoms with Crippen molar-refractivity contribution in [2.75, 3.05) is 13.7 Å². The number of nitrogens with zero attached hydrogens (tertiary/aromatic N) is 2. The highest BCUT2D eigenvalue weighted by atomic mass is 35.5. The zero-order chi connectivity index (χ0) is 22.3. The largest absolute Gasteiger partial charge is 0.394 e. The molecule has 12 heteroatoms. The Morgan fingerprint density at radius 2 is 1.97 bits per heavy atom. The maximum absolute atomic E-state index is 13.8. The lowest BCUT2D eigenvalue weighted by atomic mass is 9.97. The molecule has 0 bridgehead atoms. The summed E-state index contributed by atoms with van der Waals surface area (Å²) in [6.07, 6.45) is -1.50. The lowest BCUT2D eigenvalue weighted by Gasteiger charge is -2.46. The van der Waals surface area contributed by atoms with E-state index in [2.05, 4.69) is 5.43 Å². The number of rotatable bonds is 5. The molecule has 1 aromatic carbocycles. The Balaban J connectivity index is 1.61. The van der Waals surface area contributed by atoms with Gasteiger partial charge in [-0.1, -0.05) is 41.0 Å². The van der Waals surface area contributed by atoms with Gasteiger partial charge in [0.15, 0.2) is 5.82 Å². The Bertz CT molecular complexity index is 945. The lowest BCUT2D eigenvalue weighted by molar-refractivity contribution is -0.208. The summed E-state index contributed by atoms with van der Waals surface area (Å²) >= 11 is 14.4. The molecule has 0 saturated carbocycles. The predicted molar refractivity (Wildman–Crippen MR) is 119 cm³/mol. The third-order valence-corrected chi connectivity index (χ3v) is 7.62. The summed E-state index contributed by atoms with van der Waals surface area (Å²) in [5.41, 5.74) is 3.12. The van der Waals surface area contributed by atoms with E-state index < -0.39 is 42.2 Å². The first-order chi connectivity index (χ1) is 14.8. The van der Waals surface area contributed by atoms with Crippen molar-refractivity contribution in [1.29, 1.82) is 0 Å². The molecule has 3 unspecified atom stereocenters. The van der Waals surface area contributed by atoms with Gasteiger partial charge in [-0.3, -0.25) is 10.4 Å². The van der Waals surface area contributed by atoms with Gasteiger partial charge in [-0.25, -0.2) is 4.39 Å². The predicted octanol–water partition coefficient (Wildman–Crippen LogP) is 2.76. The highest BCUT2D eigenvalue weighted by molar-refractivity contribution is 7.99. The molecular weight excluding hydrogens is 488 g/mol. The molecule has 0 radical (unpaired) electrons. The van der Waals surface area contributed by atoms with Crippen molar-refractivity contribution in [1.82, 2.24) is 15.6 Å². The molecule has 168 valence electrons. The van der Waals surface area contributed by atoms with E-state index in [1.165, 1.54) is 12.1 Å². The number of ether oxygens (including phenoxy) is 1. The molecule has 5 atom stereocenters. The Morgan fingerprint density at radius 3 is 2.58 bits per heavy atom. The van der Waals surface area contributed by atoms with Gasteiger partial charge in [0.25, 0.3) is 0 Å². The van der Waals surface area contributed by atoms with Crippen LogP contribution in [0.1, 0.15) is 4.88 Å². The quantitative estimate of drug-likeness (QED) is 0.459. The number of benzene rings is 1. The Labute approximate surface area is 196 Å². The van der Waals surface area contributed by atoms with Crippen LogP contribution in [0.2, 0.25) is 10.0 Å². The molecule has 31 heavy (non-hydrogen) atoms. The van der Waals surface area contributed by atoms with E-state index in [9.17, 15) is 19.7 Å². The van der Waals surface area contributed by atoms with E-state index >= 15 is 0 Å². The minimum absolute atomic E-state index is 0.150. The SMILES string of the molecule is CN1NC(c2cccs2)=CN1C1C(O)[C@@H](Sc2cc(Cl)c(F)c(Cl)c2)OC(CO)[C@@H]1O. The van der Waals surface area contributed by atoms with E-state index in [4.69, 9.17) is 27.9 Å². The van der Waals surface area contributed by atoms with Crippen molar-refractivity contribution in [2.45, 2.75) is 34.7 Å². The third-order valence-electron chi connectivity index (χ3n) is 5.04. The normalized spacial score (nSPS) is 29.2. The summed E-state index contributed by atoms with van der Waals surface area (Å²) in [5, 5.41) is 36.7. The van der Waals surface area contributed by atoms with Crippen LogP contribution in [0.4, 0.5) is 4.39 Å². The first-order valence-corrected chi connectivity index (χ1v) is 11.8. The van der Waals surface area contributed by atoms with Crippen molar-refractivity contribution in [2.24, 2.45) is 0 Å².